The van der Waals surface area contributed by atoms with Gasteiger partial charge in [0.25, 0.3) is 0 Å². The number of rotatable bonds is 15. The third-order valence-electron chi connectivity index (χ3n) is 15.1. The van der Waals surface area contributed by atoms with Crippen LogP contribution < -0.4 is 11.1 Å². The molecule has 0 saturated carbocycles. The van der Waals surface area contributed by atoms with Gasteiger partial charge in [-0.2, -0.15) is 5.26 Å². The molecule has 1 aromatic carbocycles. The molecule has 4 rings (SSSR count). The first kappa shape index (κ1) is 57.6. The first-order valence-corrected chi connectivity index (χ1v) is 24.7. The van der Waals surface area contributed by atoms with Crippen LogP contribution in [0.2, 0.25) is 0 Å². The minimum atomic E-state index is -1.81. The maximum Gasteiger partial charge on any atom is 0.311 e. The van der Waals surface area contributed by atoms with Crippen molar-refractivity contribution in [1.29, 1.82) is 5.26 Å². The number of carbonyl (C=O) groups is 1. The molecule has 3 fully saturated rings. The average molecular weight is 962 g/mol. The fourth-order valence-corrected chi connectivity index (χ4v) is 10.6. The fourth-order valence-electron chi connectivity index (χ4n) is 10.6. The Labute approximate surface area is 406 Å². The molecule has 388 valence electrons. The lowest BCUT2D eigenvalue weighted by Crippen LogP contribution is -2.59. The van der Waals surface area contributed by atoms with Gasteiger partial charge in [0, 0.05) is 69.4 Å². The summed E-state index contributed by atoms with van der Waals surface area (Å²) in [6.45, 7) is 18.9. The van der Waals surface area contributed by atoms with Gasteiger partial charge < -0.3 is 74.8 Å². The van der Waals surface area contributed by atoms with E-state index in [-0.39, 0.29) is 50.0 Å². The van der Waals surface area contributed by atoms with Crippen molar-refractivity contribution in [3.63, 3.8) is 0 Å². The summed E-state index contributed by atoms with van der Waals surface area (Å²) in [6, 6.07) is 8.61. The Morgan fingerprint density at radius 2 is 1.69 bits per heavy atom. The second-order valence-corrected chi connectivity index (χ2v) is 21.1. The molecule has 3 saturated heterocycles. The van der Waals surface area contributed by atoms with Crippen molar-refractivity contribution in [3.05, 3.63) is 47.3 Å². The summed E-state index contributed by atoms with van der Waals surface area (Å²) in [5, 5.41) is 69.8. The number of aliphatic hydroxyl groups is 5. The Hall–Kier alpha value is -2.96. The number of nitrogens with two attached hydrogens (primary N) is 1. The molecule has 0 radical (unpaired) electrons. The van der Waals surface area contributed by atoms with Crippen LogP contribution >= 0.6 is 0 Å². The number of carbonyl (C=O) groups excluding carboxylic acids is 1. The van der Waals surface area contributed by atoms with Crippen LogP contribution in [-0.2, 0) is 39.6 Å². The average Bonchev–Trinajstić information content (AvgIpc) is 3.29. The number of hydrogen-bond donors (Lipinski definition) is 7. The molecule has 17 nitrogen and oxygen atoms in total. The molecule has 3 aliphatic rings. The zero-order chi connectivity index (χ0) is 50.9. The Morgan fingerprint density at radius 1 is 1.03 bits per heavy atom. The summed E-state index contributed by atoms with van der Waals surface area (Å²) in [4.78, 5) is 18.6. The minimum absolute atomic E-state index is 0.0177. The van der Waals surface area contributed by atoms with E-state index in [0.717, 1.165) is 12.0 Å². The Kier molecular flexibility index (Phi) is 21.1. The van der Waals surface area contributed by atoms with Gasteiger partial charge in [-0.15, -0.1) is 0 Å². The number of nitrogens with one attached hydrogen (secondary N) is 1. The van der Waals surface area contributed by atoms with Crippen molar-refractivity contribution in [2.75, 3.05) is 40.9 Å². The lowest BCUT2D eigenvalue weighted by atomic mass is 9.77. The number of aliphatic hydroxyl groups excluding tert-OH is 3. The van der Waals surface area contributed by atoms with Gasteiger partial charge in [0.2, 0.25) is 0 Å². The smallest absolute Gasteiger partial charge is 0.311 e. The predicted octanol–water partition coefficient (Wildman–Crippen LogP) is 3.56. The van der Waals surface area contributed by atoms with Crippen molar-refractivity contribution < 1.29 is 58.7 Å². The SMILES string of the molecule is CC[C@H]1OC(=O)[C@H](C)[C@@H](O[C@H]2C[C@@](C)(OC)[C@@H](O)[C@H](C)O2)[C@H](C)[C@@H](O[C@H]2C[C@@H](N(C)CC/C(N)=C/N[C@H](CO)Cc3ccc(C#N)cc3)C[C@@H](C)O2)[C@](C)(O)C[C@@H](C)CN(C)[C@H](C)[C@@H](O)[C@]1(C)O. The number of nitrogens with zero attached hydrogens (tertiary/aromatic N) is 3. The highest BCUT2D eigenvalue weighted by molar-refractivity contribution is 5.73. The van der Waals surface area contributed by atoms with E-state index in [2.05, 4.69) is 16.3 Å². The lowest BCUT2D eigenvalue weighted by Gasteiger charge is -2.48. The standard InChI is InChI=1S/C51H87N5O12/c1-14-41-51(10,62)45(58)34(6)56(12)28-30(2)24-49(8,61)47(32(4)44(33(5)48(60)66-41)67-43-25-50(9,63-13)46(59)35(7)65-43)68-42-23-40(21-31(3)64-42)55(11)20-19-38(53)27-54-39(29-57)22-36-15-17-37(26-52)18-16-36/h15-18,27,30-35,39-47,54,57-59,61-62H,14,19-25,28-29,53H2,1-13H3/b38-27-/t30-,31-,32+,33-,34-,35+,39+,40+,41-,42+,43+,44+,45-,46+,47-,49-,50-,51-/m1/s1. The molecule has 3 aliphatic heterocycles. The molecule has 1 aromatic rings. The molecule has 0 unspecified atom stereocenters. The fraction of sp³-hybridized carbons (Fsp3) is 0.804. The number of cyclic esters (lactones) is 1. The summed E-state index contributed by atoms with van der Waals surface area (Å²) >= 11 is 0. The zero-order valence-electron chi connectivity index (χ0n) is 43.1. The van der Waals surface area contributed by atoms with Gasteiger partial charge in [-0.25, -0.2) is 0 Å². The number of benzene rings is 1. The molecule has 8 N–H and O–H groups in total. The van der Waals surface area contributed by atoms with E-state index in [1.54, 1.807) is 53.0 Å². The van der Waals surface area contributed by atoms with Gasteiger partial charge in [-0.3, -0.25) is 4.79 Å². The molecule has 18 atom stereocenters. The molecule has 0 amide bonds. The van der Waals surface area contributed by atoms with Gasteiger partial charge in [-0.05, 0) is 112 Å². The van der Waals surface area contributed by atoms with Crippen molar-refractivity contribution in [2.45, 2.75) is 204 Å². The normalized spacial score (nSPS) is 40.1. The van der Waals surface area contributed by atoms with E-state index < -0.39 is 89.9 Å². The number of nitriles is 1. The summed E-state index contributed by atoms with van der Waals surface area (Å²) in [5.74, 6) is -2.52. The Morgan fingerprint density at radius 3 is 2.29 bits per heavy atom. The maximum atomic E-state index is 14.4. The highest BCUT2D eigenvalue weighted by Crippen LogP contribution is 2.40. The molecule has 0 aliphatic carbocycles. The Bertz CT molecular complexity index is 1800. The number of likely N-dealkylation sites (N-methyl/N-ethyl adjacent to an activating group) is 1. The van der Waals surface area contributed by atoms with Crippen LogP contribution in [0.15, 0.2) is 36.2 Å². The highest BCUT2D eigenvalue weighted by atomic mass is 16.7. The number of esters is 1. The molecule has 0 bridgehead atoms. The predicted molar refractivity (Wildman–Crippen MR) is 257 cm³/mol. The van der Waals surface area contributed by atoms with Crippen LogP contribution in [0.4, 0.5) is 0 Å². The quantitative estimate of drug-likeness (QED) is 0.124. The van der Waals surface area contributed by atoms with Gasteiger partial charge in [-0.1, -0.05) is 32.9 Å². The van der Waals surface area contributed by atoms with E-state index >= 15 is 0 Å². The van der Waals surface area contributed by atoms with Crippen molar-refractivity contribution in [2.24, 2.45) is 23.5 Å². The third kappa shape index (κ3) is 14.8. The van der Waals surface area contributed by atoms with Gasteiger partial charge in [0.1, 0.15) is 23.9 Å². The highest BCUT2D eigenvalue weighted by Gasteiger charge is 2.52. The van der Waals surface area contributed by atoms with Crippen LogP contribution in [0.1, 0.15) is 119 Å². The summed E-state index contributed by atoms with van der Waals surface area (Å²) in [7, 11) is 5.41. The van der Waals surface area contributed by atoms with Crippen LogP contribution in [0.5, 0.6) is 0 Å². The Balaban J connectivity index is 1.63. The summed E-state index contributed by atoms with van der Waals surface area (Å²) in [5.41, 5.74) is 4.31. The monoisotopic (exact) mass is 962 g/mol. The summed E-state index contributed by atoms with van der Waals surface area (Å²) in [6.07, 6.45) is -3.21. The van der Waals surface area contributed by atoms with Crippen molar-refractivity contribution >= 4 is 5.97 Å². The van der Waals surface area contributed by atoms with E-state index in [1.807, 2.05) is 58.8 Å². The first-order chi connectivity index (χ1) is 31.8. The molecule has 17 heteroatoms. The van der Waals surface area contributed by atoms with Gasteiger partial charge in [0.15, 0.2) is 12.6 Å². The van der Waals surface area contributed by atoms with Gasteiger partial charge in [0.05, 0.1) is 65.8 Å². The lowest BCUT2D eigenvalue weighted by molar-refractivity contribution is -0.308. The van der Waals surface area contributed by atoms with Crippen molar-refractivity contribution in [3.8, 4) is 6.07 Å². The van der Waals surface area contributed by atoms with Crippen molar-refractivity contribution in [1.82, 2.24) is 15.1 Å². The molecule has 68 heavy (non-hydrogen) atoms. The third-order valence-corrected chi connectivity index (χ3v) is 15.1. The van der Waals surface area contributed by atoms with Crippen LogP contribution in [0.3, 0.4) is 0 Å². The molecule has 0 spiro atoms. The van der Waals surface area contributed by atoms with E-state index in [9.17, 15) is 30.3 Å². The van der Waals surface area contributed by atoms with E-state index in [1.165, 1.54) is 14.0 Å². The largest absolute Gasteiger partial charge is 0.459 e. The van der Waals surface area contributed by atoms with Crippen LogP contribution in [0.25, 0.3) is 0 Å². The second-order valence-electron chi connectivity index (χ2n) is 21.1. The number of hydrogen-bond acceptors (Lipinski definition) is 17. The molecular formula is C51H87N5O12. The second kappa shape index (κ2) is 24.9. The topological polar surface area (TPSA) is 242 Å². The molecule has 0 aromatic heterocycles. The number of methoxy groups -OCH3 is 1. The van der Waals surface area contributed by atoms with E-state index in [0.29, 0.717) is 43.6 Å². The van der Waals surface area contributed by atoms with E-state index in [4.69, 9.17) is 39.4 Å². The zero-order valence-corrected chi connectivity index (χ0v) is 43.1. The van der Waals surface area contributed by atoms with Gasteiger partial charge >= 0.3 is 5.97 Å². The first-order valence-electron chi connectivity index (χ1n) is 24.7. The number of ether oxygens (including phenoxy) is 6. The molecular weight excluding hydrogens is 875 g/mol. The summed E-state index contributed by atoms with van der Waals surface area (Å²) < 4.78 is 38.5. The maximum absolute atomic E-state index is 14.4. The van der Waals surface area contributed by atoms with Crippen LogP contribution in [-0.4, -0.2) is 172 Å². The minimum Gasteiger partial charge on any atom is -0.459 e. The molecule has 3 heterocycles. The van der Waals surface area contributed by atoms with Crippen LogP contribution in [0, 0.1) is 29.1 Å².